The van der Waals surface area contributed by atoms with Crippen molar-refractivity contribution in [3.05, 3.63) is 71.8 Å². The molecule has 0 spiro atoms. The number of aryl methyl sites for hydroxylation is 1. The van der Waals surface area contributed by atoms with Crippen LogP contribution in [0.2, 0.25) is 0 Å². The van der Waals surface area contributed by atoms with Gasteiger partial charge in [-0.15, -0.1) is 5.06 Å². The van der Waals surface area contributed by atoms with Gasteiger partial charge in [-0.25, -0.2) is 0 Å². The summed E-state index contributed by atoms with van der Waals surface area (Å²) < 4.78 is 0. The highest BCUT2D eigenvalue weighted by Gasteiger charge is 2.23. The zero-order valence-electron chi connectivity index (χ0n) is 17.3. The van der Waals surface area contributed by atoms with Crippen molar-refractivity contribution in [3.63, 3.8) is 0 Å². The summed E-state index contributed by atoms with van der Waals surface area (Å²) in [6.45, 7) is 4.04. The Labute approximate surface area is 173 Å². The molecule has 1 saturated heterocycles. The molecule has 0 N–H and O–H groups in total. The van der Waals surface area contributed by atoms with Crippen molar-refractivity contribution >= 4 is 10.8 Å². The average Bonchev–Trinajstić information content (AvgIpc) is 2.76. The lowest BCUT2D eigenvalue weighted by Gasteiger charge is -2.32. The summed E-state index contributed by atoms with van der Waals surface area (Å²) in [5.74, 6) is 1.51. The molecule has 0 aliphatic carbocycles. The van der Waals surface area contributed by atoms with Gasteiger partial charge in [-0.05, 0) is 66.3 Å². The average molecular weight is 389 g/mol. The van der Waals surface area contributed by atoms with Gasteiger partial charge < -0.3 is 4.84 Å². The summed E-state index contributed by atoms with van der Waals surface area (Å²) in [6.07, 6.45) is 7.03. The minimum atomic E-state index is 0.114. The fraction of sp³-hybridized carbons (Fsp3) is 0.385. The van der Waals surface area contributed by atoms with Gasteiger partial charge in [0.05, 0.1) is 0 Å². The molecule has 151 valence electrons. The van der Waals surface area contributed by atoms with Gasteiger partial charge in [0.15, 0.2) is 5.75 Å². The molecule has 0 unspecified atom stereocenters. The molecule has 4 rings (SSSR count). The van der Waals surface area contributed by atoms with E-state index in [1.807, 2.05) is 24.3 Å². The summed E-state index contributed by atoms with van der Waals surface area (Å²) in [5.41, 5.74) is 2.69. The Morgan fingerprint density at radius 3 is 2.34 bits per heavy atom. The van der Waals surface area contributed by atoms with Crippen LogP contribution in [-0.4, -0.2) is 18.2 Å². The Morgan fingerprint density at radius 2 is 1.62 bits per heavy atom. The molecule has 3 heteroatoms. The smallest absolute Gasteiger partial charge is 0.186 e. The van der Waals surface area contributed by atoms with Crippen LogP contribution in [0.3, 0.4) is 0 Å². The van der Waals surface area contributed by atoms with Crippen molar-refractivity contribution in [2.24, 2.45) is 0 Å². The number of unbranched alkanes of at least 4 members (excludes halogenated alkanes) is 2. The lowest BCUT2D eigenvalue weighted by Crippen LogP contribution is -2.35. The number of benzene rings is 3. The SMILES string of the molecule is CCCCCc1ccc(ON2CCC(c3ccc([O])c4ccccc34)CC2)cc1. The molecular weight excluding hydrogens is 358 g/mol. The molecule has 1 aliphatic rings. The Morgan fingerprint density at radius 1 is 0.897 bits per heavy atom. The number of piperidine rings is 1. The number of nitrogens with zero attached hydrogens (tertiary/aromatic N) is 1. The molecule has 1 radical (unpaired) electrons. The van der Waals surface area contributed by atoms with Crippen LogP contribution in [0.25, 0.3) is 10.8 Å². The van der Waals surface area contributed by atoms with E-state index < -0.39 is 0 Å². The monoisotopic (exact) mass is 388 g/mol. The van der Waals surface area contributed by atoms with Crippen molar-refractivity contribution in [1.82, 2.24) is 5.06 Å². The second-order valence-corrected chi connectivity index (χ2v) is 8.09. The number of rotatable bonds is 7. The van der Waals surface area contributed by atoms with Crippen molar-refractivity contribution in [3.8, 4) is 11.5 Å². The number of hydroxylamine groups is 2. The zero-order chi connectivity index (χ0) is 20.1. The molecule has 0 amide bonds. The highest BCUT2D eigenvalue weighted by Crippen LogP contribution is 2.36. The molecular formula is C26H30NO2. The Kier molecular flexibility index (Phi) is 6.36. The van der Waals surface area contributed by atoms with Crippen LogP contribution < -0.4 is 4.84 Å². The molecule has 29 heavy (non-hydrogen) atoms. The molecule has 3 aromatic rings. The summed E-state index contributed by atoms with van der Waals surface area (Å²) in [6, 6.07) is 20.3. The second-order valence-electron chi connectivity index (χ2n) is 8.09. The largest absolute Gasteiger partial charge is 0.406 e. The van der Waals surface area contributed by atoms with E-state index in [9.17, 15) is 5.11 Å². The second kappa shape index (κ2) is 9.32. The van der Waals surface area contributed by atoms with Gasteiger partial charge in [-0.2, -0.15) is 0 Å². The van der Waals surface area contributed by atoms with Crippen molar-refractivity contribution in [2.45, 2.75) is 51.4 Å². The van der Waals surface area contributed by atoms with E-state index in [4.69, 9.17) is 4.84 Å². The maximum Gasteiger partial charge on any atom is 0.186 e. The summed E-state index contributed by atoms with van der Waals surface area (Å²) >= 11 is 0. The maximum absolute atomic E-state index is 12.1. The van der Waals surface area contributed by atoms with E-state index in [2.05, 4.69) is 42.3 Å². The summed E-state index contributed by atoms with van der Waals surface area (Å²) in [4.78, 5) is 6.11. The van der Waals surface area contributed by atoms with Gasteiger partial charge in [0.25, 0.3) is 0 Å². The molecule has 1 aliphatic heterocycles. The number of hydrogen-bond donors (Lipinski definition) is 0. The van der Waals surface area contributed by atoms with Crippen LogP contribution in [0.15, 0.2) is 60.7 Å². The van der Waals surface area contributed by atoms with Gasteiger partial charge >= 0.3 is 0 Å². The summed E-state index contributed by atoms with van der Waals surface area (Å²) in [7, 11) is 0. The van der Waals surface area contributed by atoms with Crippen LogP contribution in [0, 0.1) is 0 Å². The lowest BCUT2D eigenvalue weighted by atomic mass is 9.86. The Balaban J connectivity index is 1.35. The maximum atomic E-state index is 12.1. The molecule has 0 aromatic heterocycles. The highest BCUT2D eigenvalue weighted by atomic mass is 16.7. The quantitative estimate of drug-likeness (QED) is 0.413. The fourth-order valence-electron chi connectivity index (χ4n) is 4.35. The van der Waals surface area contributed by atoms with Crippen molar-refractivity contribution < 1.29 is 9.94 Å². The van der Waals surface area contributed by atoms with Crippen LogP contribution in [0.1, 0.15) is 56.1 Å². The van der Waals surface area contributed by atoms with Crippen LogP contribution in [0.4, 0.5) is 0 Å². The van der Waals surface area contributed by atoms with Gasteiger partial charge in [0.1, 0.15) is 5.75 Å². The first-order chi connectivity index (χ1) is 14.2. The first-order valence-electron chi connectivity index (χ1n) is 10.9. The van der Waals surface area contributed by atoms with E-state index >= 15 is 0 Å². The third kappa shape index (κ3) is 4.73. The third-order valence-corrected chi connectivity index (χ3v) is 6.04. The minimum Gasteiger partial charge on any atom is -0.406 e. The van der Waals surface area contributed by atoms with Gasteiger partial charge in [0, 0.05) is 18.5 Å². The minimum absolute atomic E-state index is 0.114. The molecule has 0 saturated carbocycles. The molecule has 1 fully saturated rings. The highest BCUT2D eigenvalue weighted by molar-refractivity contribution is 5.91. The molecule has 0 bridgehead atoms. The first kappa shape index (κ1) is 19.8. The summed E-state index contributed by atoms with van der Waals surface area (Å²) in [5, 5.41) is 16.2. The van der Waals surface area contributed by atoms with E-state index in [0.717, 1.165) is 48.9 Å². The van der Waals surface area contributed by atoms with Gasteiger partial charge in [-0.3, -0.25) is 5.11 Å². The van der Waals surface area contributed by atoms with E-state index in [0.29, 0.717) is 5.92 Å². The van der Waals surface area contributed by atoms with E-state index in [1.165, 1.54) is 30.4 Å². The lowest BCUT2D eigenvalue weighted by molar-refractivity contribution is -0.0755. The van der Waals surface area contributed by atoms with Gasteiger partial charge in [0.2, 0.25) is 0 Å². The predicted molar refractivity (Wildman–Crippen MR) is 118 cm³/mol. The molecule has 0 atom stereocenters. The normalized spacial score (nSPS) is 15.6. The fourth-order valence-corrected chi connectivity index (χ4v) is 4.35. The Hall–Kier alpha value is -2.52. The van der Waals surface area contributed by atoms with Gasteiger partial charge in [-0.1, -0.05) is 62.2 Å². The Bertz CT molecular complexity index is 927. The van der Waals surface area contributed by atoms with Crippen LogP contribution in [-0.2, 0) is 11.5 Å². The van der Waals surface area contributed by atoms with Crippen molar-refractivity contribution in [2.75, 3.05) is 13.1 Å². The zero-order valence-corrected chi connectivity index (χ0v) is 17.3. The van der Waals surface area contributed by atoms with E-state index in [-0.39, 0.29) is 5.75 Å². The first-order valence-corrected chi connectivity index (χ1v) is 10.9. The van der Waals surface area contributed by atoms with Crippen LogP contribution >= 0.6 is 0 Å². The molecule has 1 heterocycles. The van der Waals surface area contributed by atoms with Crippen molar-refractivity contribution in [1.29, 1.82) is 0 Å². The molecule has 3 aromatic carbocycles. The van der Waals surface area contributed by atoms with Crippen LogP contribution in [0.5, 0.6) is 11.5 Å². The number of hydrogen-bond acceptors (Lipinski definition) is 2. The molecule has 3 nitrogen and oxygen atoms in total. The van der Waals surface area contributed by atoms with E-state index in [1.54, 1.807) is 6.07 Å². The standard InChI is InChI=1S/C26H30NO2/c1-2-3-4-7-20-10-12-22(13-11-20)29-27-18-16-21(17-19-27)23-14-15-26(28)25-9-6-5-8-24(23)25/h5-6,8-15,21H,2-4,7,16-19H2,1H3. The number of fused-ring (bicyclic) bond motifs is 1. The topological polar surface area (TPSA) is 32.4 Å². The third-order valence-electron chi connectivity index (χ3n) is 6.04. The predicted octanol–water partition coefficient (Wildman–Crippen LogP) is 6.89.